The largest absolute Gasteiger partial charge is 0.494 e. The number of ether oxygens (including phenoxy) is 2. The molecule has 0 atom stereocenters. The topological polar surface area (TPSA) is 59.1 Å². The van der Waals surface area contributed by atoms with Crippen molar-refractivity contribution in [1.29, 1.82) is 0 Å². The standard InChI is InChI=1S/C12H16ClNO2.C12H21NO2/c1-4-7-16-9-5-6-10(11(13)8-9)12(15)14(2)3;1-11(2,3)15-10(14)13-8-6-12(4-5-12)7-9-13/h5-6,8H,4,7H2,1-3H3;4-9H2,1-3H3. The van der Waals surface area contributed by atoms with Gasteiger partial charge in [0.1, 0.15) is 11.4 Å². The van der Waals surface area contributed by atoms with Gasteiger partial charge in [0.25, 0.3) is 5.91 Å². The van der Waals surface area contributed by atoms with Crippen molar-refractivity contribution in [2.24, 2.45) is 5.41 Å². The third-order valence-electron chi connectivity index (χ3n) is 5.48. The molecule has 0 unspecified atom stereocenters. The van der Waals surface area contributed by atoms with Crippen molar-refractivity contribution in [2.75, 3.05) is 33.8 Å². The summed E-state index contributed by atoms with van der Waals surface area (Å²) in [5.41, 5.74) is 0.750. The number of carbonyl (C=O) groups excluding carboxylic acids is 2. The molecule has 2 aliphatic rings. The van der Waals surface area contributed by atoms with Crippen molar-refractivity contribution in [3.8, 4) is 5.75 Å². The molecule has 1 aromatic rings. The summed E-state index contributed by atoms with van der Waals surface area (Å²) < 4.78 is 10.8. The summed E-state index contributed by atoms with van der Waals surface area (Å²) in [5.74, 6) is 0.592. The minimum absolute atomic E-state index is 0.105. The molecule has 0 N–H and O–H groups in total. The summed E-state index contributed by atoms with van der Waals surface area (Å²) in [6.07, 6.45) is 5.89. The first kappa shape index (κ1) is 25.3. The Hall–Kier alpha value is -1.95. The Labute approximate surface area is 191 Å². The number of likely N-dealkylation sites (tertiary alicyclic amines) is 1. The van der Waals surface area contributed by atoms with Gasteiger partial charge >= 0.3 is 6.09 Å². The van der Waals surface area contributed by atoms with Crippen LogP contribution < -0.4 is 4.74 Å². The highest BCUT2D eigenvalue weighted by atomic mass is 35.5. The highest BCUT2D eigenvalue weighted by molar-refractivity contribution is 6.34. The number of benzene rings is 1. The number of piperidine rings is 1. The molecular formula is C24H37ClN2O4. The Morgan fingerprint density at radius 2 is 1.74 bits per heavy atom. The fraction of sp³-hybridized carbons (Fsp3) is 0.667. The molecule has 1 saturated heterocycles. The molecule has 2 fully saturated rings. The summed E-state index contributed by atoms with van der Waals surface area (Å²) in [6.45, 7) is 10.2. The monoisotopic (exact) mass is 452 g/mol. The van der Waals surface area contributed by atoms with Gasteiger partial charge in [-0.3, -0.25) is 4.79 Å². The summed E-state index contributed by atoms with van der Waals surface area (Å²) in [6, 6.07) is 5.13. The van der Waals surface area contributed by atoms with E-state index in [4.69, 9.17) is 21.1 Å². The molecule has 1 heterocycles. The molecular weight excluding hydrogens is 416 g/mol. The maximum atomic E-state index is 11.7. The number of halogens is 1. The lowest BCUT2D eigenvalue weighted by molar-refractivity contribution is 0.0173. The molecule has 1 spiro atoms. The zero-order valence-electron chi connectivity index (χ0n) is 19.8. The fourth-order valence-electron chi connectivity index (χ4n) is 3.39. The molecule has 7 heteroatoms. The second-order valence-corrected chi connectivity index (χ2v) is 10.1. The molecule has 2 amide bonds. The number of carbonyl (C=O) groups is 2. The molecule has 0 bridgehead atoms. The Balaban J connectivity index is 0.000000220. The first-order valence-electron chi connectivity index (χ1n) is 11.1. The smallest absolute Gasteiger partial charge is 0.410 e. The van der Waals surface area contributed by atoms with Gasteiger partial charge in [0.05, 0.1) is 17.2 Å². The van der Waals surface area contributed by atoms with Gasteiger partial charge in [-0.15, -0.1) is 0 Å². The van der Waals surface area contributed by atoms with E-state index in [0.717, 1.165) is 19.5 Å². The van der Waals surface area contributed by atoms with Gasteiger partial charge in [0, 0.05) is 27.2 Å². The minimum atomic E-state index is -0.369. The maximum Gasteiger partial charge on any atom is 0.410 e. The van der Waals surface area contributed by atoms with Gasteiger partial charge in [-0.2, -0.15) is 0 Å². The third kappa shape index (κ3) is 7.91. The van der Waals surface area contributed by atoms with E-state index < -0.39 is 0 Å². The van der Waals surface area contributed by atoms with Gasteiger partial charge in [0.15, 0.2) is 0 Å². The average Bonchev–Trinajstić information content (AvgIpc) is 3.44. The van der Waals surface area contributed by atoms with Crippen LogP contribution in [0, 0.1) is 5.41 Å². The van der Waals surface area contributed by atoms with Gasteiger partial charge in [-0.1, -0.05) is 18.5 Å². The number of rotatable bonds is 4. The fourth-order valence-corrected chi connectivity index (χ4v) is 3.64. The lowest BCUT2D eigenvalue weighted by atomic mass is 9.94. The second-order valence-electron chi connectivity index (χ2n) is 9.66. The van der Waals surface area contributed by atoms with Crippen LogP contribution in [0.3, 0.4) is 0 Å². The summed E-state index contributed by atoms with van der Waals surface area (Å²) in [5, 5.41) is 0.423. The SMILES string of the molecule is CC(C)(C)OC(=O)N1CCC2(CC1)CC2.CCCOc1ccc(C(=O)N(C)C)c(Cl)c1. The maximum absolute atomic E-state index is 11.7. The van der Waals surface area contributed by atoms with E-state index >= 15 is 0 Å². The van der Waals surface area contributed by atoms with Crippen LogP contribution in [-0.2, 0) is 4.74 Å². The zero-order chi connectivity index (χ0) is 23.2. The van der Waals surface area contributed by atoms with E-state index in [9.17, 15) is 9.59 Å². The number of hydrogen-bond donors (Lipinski definition) is 0. The Bertz CT molecular complexity index is 759. The van der Waals surface area contributed by atoms with Crippen molar-refractivity contribution in [3.05, 3.63) is 28.8 Å². The molecule has 0 radical (unpaired) electrons. The van der Waals surface area contributed by atoms with E-state index in [1.165, 1.54) is 30.6 Å². The van der Waals surface area contributed by atoms with E-state index in [2.05, 4.69) is 0 Å². The number of nitrogens with zero attached hydrogens (tertiary/aromatic N) is 2. The summed E-state index contributed by atoms with van der Waals surface area (Å²) in [4.78, 5) is 26.8. The van der Waals surface area contributed by atoms with Crippen LogP contribution in [0.2, 0.25) is 5.02 Å². The lowest BCUT2D eigenvalue weighted by Gasteiger charge is -2.33. The molecule has 1 saturated carbocycles. The summed E-state index contributed by atoms with van der Waals surface area (Å²) in [7, 11) is 3.39. The normalized spacial score (nSPS) is 16.8. The van der Waals surface area contributed by atoms with Gasteiger partial charge < -0.3 is 19.3 Å². The van der Waals surface area contributed by atoms with E-state index in [-0.39, 0.29) is 17.6 Å². The highest BCUT2D eigenvalue weighted by Gasteiger charge is 2.45. The molecule has 1 aliphatic carbocycles. The van der Waals surface area contributed by atoms with E-state index in [1.54, 1.807) is 32.3 Å². The molecule has 1 aliphatic heterocycles. The first-order valence-corrected chi connectivity index (χ1v) is 11.5. The summed E-state index contributed by atoms with van der Waals surface area (Å²) >= 11 is 6.02. The number of hydrogen-bond acceptors (Lipinski definition) is 4. The molecule has 31 heavy (non-hydrogen) atoms. The third-order valence-corrected chi connectivity index (χ3v) is 5.80. The molecule has 6 nitrogen and oxygen atoms in total. The van der Waals surface area contributed by atoms with Crippen LogP contribution in [0.15, 0.2) is 18.2 Å². The molecule has 1 aromatic carbocycles. The predicted molar refractivity (Wildman–Crippen MR) is 124 cm³/mol. The van der Waals surface area contributed by atoms with Gasteiger partial charge in [-0.25, -0.2) is 4.79 Å². The molecule has 174 valence electrons. The van der Waals surface area contributed by atoms with Crippen LogP contribution in [0.5, 0.6) is 5.75 Å². The predicted octanol–water partition coefficient (Wildman–Crippen LogP) is 5.63. The Kier molecular flexibility index (Phi) is 8.64. The lowest BCUT2D eigenvalue weighted by Crippen LogP contribution is -2.42. The second kappa shape index (κ2) is 10.6. The molecule has 0 aromatic heterocycles. The van der Waals surface area contributed by atoms with Gasteiger partial charge in [-0.05, 0) is 76.5 Å². The van der Waals surface area contributed by atoms with Crippen LogP contribution in [0.1, 0.15) is 70.2 Å². The van der Waals surface area contributed by atoms with Crippen LogP contribution in [0.25, 0.3) is 0 Å². The quantitative estimate of drug-likeness (QED) is 0.594. The van der Waals surface area contributed by atoms with E-state index in [1.807, 2.05) is 32.6 Å². The van der Waals surface area contributed by atoms with Crippen molar-refractivity contribution < 1.29 is 19.1 Å². The zero-order valence-corrected chi connectivity index (χ0v) is 20.6. The number of amides is 2. The average molecular weight is 453 g/mol. The van der Waals surface area contributed by atoms with Crippen LogP contribution >= 0.6 is 11.6 Å². The molecule has 3 rings (SSSR count). The Morgan fingerprint density at radius 3 is 2.19 bits per heavy atom. The van der Waals surface area contributed by atoms with Crippen LogP contribution in [-0.4, -0.2) is 61.2 Å². The van der Waals surface area contributed by atoms with Crippen molar-refractivity contribution in [3.63, 3.8) is 0 Å². The van der Waals surface area contributed by atoms with Crippen molar-refractivity contribution >= 4 is 23.6 Å². The highest BCUT2D eigenvalue weighted by Crippen LogP contribution is 2.53. The first-order chi connectivity index (χ1) is 14.5. The Morgan fingerprint density at radius 1 is 1.13 bits per heavy atom. The van der Waals surface area contributed by atoms with Crippen molar-refractivity contribution in [2.45, 2.75) is 65.4 Å². The minimum Gasteiger partial charge on any atom is -0.494 e. The van der Waals surface area contributed by atoms with E-state index in [0.29, 0.717) is 28.4 Å². The van der Waals surface area contributed by atoms with Gasteiger partial charge in [0.2, 0.25) is 0 Å². The van der Waals surface area contributed by atoms with Crippen molar-refractivity contribution in [1.82, 2.24) is 9.80 Å². The van der Waals surface area contributed by atoms with Crippen LogP contribution in [0.4, 0.5) is 4.79 Å².